The van der Waals surface area contributed by atoms with E-state index in [0.29, 0.717) is 0 Å². The Kier molecular flexibility index (Phi) is 3.70. The van der Waals surface area contributed by atoms with Crippen molar-refractivity contribution >= 4 is 5.97 Å². The second kappa shape index (κ2) is 4.47. The van der Waals surface area contributed by atoms with Gasteiger partial charge in [-0.25, -0.2) is 0 Å². The van der Waals surface area contributed by atoms with E-state index in [1.165, 1.54) is 0 Å². The van der Waals surface area contributed by atoms with Crippen LogP contribution in [0.25, 0.3) is 0 Å². The lowest BCUT2D eigenvalue weighted by Crippen LogP contribution is -2.54. The lowest BCUT2D eigenvalue weighted by Gasteiger charge is -2.41. The van der Waals surface area contributed by atoms with Crippen LogP contribution in [0.5, 0.6) is 0 Å². The molecular weight excluding hydrogens is 200 g/mol. The SMILES string of the molecule is CCC(=O)OC1C[C@H](O)C(C)(C)O[C@H]1O. The first-order chi connectivity index (χ1) is 6.86. The van der Waals surface area contributed by atoms with Gasteiger partial charge in [-0.3, -0.25) is 4.79 Å². The summed E-state index contributed by atoms with van der Waals surface area (Å²) in [7, 11) is 0. The zero-order valence-electron chi connectivity index (χ0n) is 9.27. The van der Waals surface area contributed by atoms with E-state index in [0.717, 1.165) is 0 Å². The molecule has 88 valence electrons. The van der Waals surface area contributed by atoms with Gasteiger partial charge in [-0.1, -0.05) is 6.92 Å². The van der Waals surface area contributed by atoms with E-state index in [1.807, 2.05) is 0 Å². The first-order valence-corrected chi connectivity index (χ1v) is 5.10. The molecule has 0 saturated carbocycles. The summed E-state index contributed by atoms with van der Waals surface area (Å²) in [5.74, 6) is -0.408. The van der Waals surface area contributed by atoms with E-state index in [4.69, 9.17) is 9.47 Å². The van der Waals surface area contributed by atoms with Gasteiger partial charge in [-0.2, -0.15) is 0 Å². The maximum Gasteiger partial charge on any atom is 0.305 e. The molecule has 1 fully saturated rings. The van der Waals surface area contributed by atoms with Crippen molar-refractivity contribution in [3.63, 3.8) is 0 Å². The van der Waals surface area contributed by atoms with E-state index in [1.54, 1.807) is 20.8 Å². The maximum atomic E-state index is 11.0. The summed E-state index contributed by atoms with van der Waals surface area (Å²) >= 11 is 0. The molecule has 0 spiro atoms. The van der Waals surface area contributed by atoms with Crippen LogP contribution in [0.4, 0.5) is 0 Å². The van der Waals surface area contributed by atoms with Crippen LogP contribution in [0.1, 0.15) is 33.6 Å². The molecule has 5 heteroatoms. The summed E-state index contributed by atoms with van der Waals surface area (Å²) in [4.78, 5) is 11.0. The number of ether oxygens (including phenoxy) is 2. The van der Waals surface area contributed by atoms with Gasteiger partial charge >= 0.3 is 5.97 Å². The summed E-state index contributed by atoms with van der Waals surface area (Å²) in [5.41, 5.74) is -0.811. The molecule has 2 N–H and O–H groups in total. The van der Waals surface area contributed by atoms with E-state index in [2.05, 4.69) is 0 Å². The van der Waals surface area contributed by atoms with Gasteiger partial charge in [0.05, 0.1) is 11.7 Å². The molecule has 15 heavy (non-hydrogen) atoms. The largest absolute Gasteiger partial charge is 0.457 e. The van der Waals surface area contributed by atoms with Crippen molar-refractivity contribution in [3.8, 4) is 0 Å². The third kappa shape index (κ3) is 2.90. The van der Waals surface area contributed by atoms with Crippen LogP contribution in [0.15, 0.2) is 0 Å². The summed E-state index contributed by atoms with van der Waals surface area (Å²) in [6, 6.07) is 0. The molecule has 1 aliphatic heterocycles. The molecule has 1 heterocycles. The lowest BCUT2D eigenvalue weighted by molar-refractivity contribution is -0.281. The predicted octanol–water partition coefficient (Wildman–Crippen LogP) is 0.186. The molecule has 3 atom stereocenters. The molecule has 0 bridgehead atoms. The van der Waals surface area contributed by atoms with Crippen molar-refractivity contribution < 1.29 is 24.5 Å². The fourth-order valence-electron chi connectivity index (χ4n) is 1.44. The Hall–Kier alpha value is -0.650. The van der Waals surface area contributed by atoms with Crippen LogP contribution in [0.2, 0.25) is 0 Å². The molecule has 5 nitrogen and oxygen atoms in total. The Morgan fingerprint density at radius 2 is 2.13 bits per heavy atom. The van der Waals surface area contributed by atoms with Crippen molar-refractivity contribution in [2.45, 2.75) is 57.7 Å². The van der Waals surface area contributed by atoms with Gasteiger partial charge in [-0.05, 0) is 13.8 Å². The highest BCUT2D eigenvalue weighted by Crippen LogP contribution is 2.29. The molecule has 0 aromatic rings. The van der Waals surface area contributed by atoms with Crippen molar-refractivity contribution in [3.05, 3.63) is 0 Å². The van der Waals surface area contributed by atoms with Crippen LogP contribution in [0.3, 0.4) is 0 Å². The van der Waals surface area contributed by atoms with Crippen molar-refractivity contribution in [1.82, 2.24) is 0 Å². The van der Waals surface area contributed by atoms with Gasteiger partial charge in [0.1, 0.15) is 0 Å². The van der Waals surface area contributed by atoms with Gasteiger partial charge in [-0.15, -0.1) is 0 Å². The molecular formula is C10H18O5. The van der Waals surface area contributed by atoms with Crippen LogP contribution in [-0.4, -0.2) is 40.3 Å². The number of aliphatic hydroxyl groups is 2. The summed E-state index contributed by atoms with van der Waals surface area (Å²) in [6.45, 7) is 5.02. The number of hydrogen-bond acceptors (Lipinski definition) is 5. The first kappa shape index (κ1) is 12.4. The Balaban J connectivity index is 2.59. The second-order valence-electron chi connectivity index (χ2n) is 4.25. The van der Waals surface area contributed by atoms with E-state index >= 15 is 0 Å². The third-order valence-corrected chi connectivity index (χ3v) is 2.57. The third-order valence-electron chi connectivity index (χ3n) is 2.57. The van der Waals surface area contributed by atoms with Crippen LogP contribution in [-0.2, 0) is 14.3 Å². The Morgan fingerprint density at radius 1 is 1.53 bits per heavy atom. The zero-order valence-corrected chi connectivity index (χ0v) is 9.27. The summed E-state index contributed by atoms with van der Waals surface area (Å²) in [5, 5.41) is 19.2. The van der Waals surface area contributed by atoms with Crippen molar-refractivity contribution in [2.24, 2.45) is 0 Å². The summed E-state index contributed by atoms with van der Waals surface area (Å²) < 4.78 is 10.1. The van der Waals surface area contributed by atoms with E-state index in [9.17, 15) is 15.0 Å². The second-order valence-corrected chi connectivity index (χ2v) is 4.25. The number of carbonyl (C=O) groups excluding carboxylic acids is 1. The van der Waals surface area contributed by atoms with Gasteiger partial charge in [0, 0.05) is 12.8 Å². The standard InChI is InChI=1S/C10H18O5/c1-4-8(12)14-6-5-7(11)10(2,3)15-9(6)13/h6-7,9,11,13H,4-5H2,1-3H3/t6?,7-,9+/m0/s1. The maximum absolute atomic E-state index is 11.0. The number of hydrogen-bond donors (Lipinski definition) is 2. The summed E-state index contributed by atoms with van der Waals surface area (Å²) in [6.07, 6.45) is -2.27. The number of aliphatic hydroxyl groups excluding tert-OH is 2. The fourth-order valence-corrected chi connectivity index (χ4v) is 1.44. The first-order valence-electron chi connectivity index (χ1n) is 5.10. The quantitative estimate of drug-likeness (QED) is 0.647. The number of rotatable bonds is 2. The van der Waals surface area contributed by atoms with Gasteiger partial charge in [0.2, 0.25) is 0 Å². The highest BCUT2D eigenvalue weighted by Gasteiger charge is 2.43. The number of esters is 1. The van der Waals surface area contributed by atoms with Crippen molar-refractivity contribution in [1.29, 1.82) is 0 Å². The molecule has 1 unspecified atom stereocenters. The van der Waals surface area contributed by atoms with Gasteiger partial charge in [0.25, 0.3) is 0 Å². The topological polar surface area (TPSA) is 76.0 Å². The van der Waals surface area contributed by atoms with E-state index < -0.39 is 30.1 Å². The average molecular weight is 218 g/mol. The Morgan fingerprint density at radius 3 is 2.67 bits per heavy atom. The normalized spacial score (nSPS) is 34.9. The molecule has 0 aromatic heterocycles. The van der Waals surface area contributed by atoms with Gasteiger partial charge < -0.3 is 19.7 Å². The highest BCUT2D eigenvalue weighted by molar-refractivity contribution is 5.69. The fraction of sp³-hybridized carbons (Fsp3) is 0.900. The monoisotopic (exact) mass is 218 g/mol. The smallest absolute Gasteiger partial charge is 0.305 e. The van der Waals surface area contributed by atoms with Gasteiger partial charge in [0.15, 0.2) is 12.4 Å². The average Bonchev–Trinajstić information content (AvgIpc) is 2.13. The lowest BCUT2D eigenvalue weighted by atomic mass is 9.92. The van der Waals surface area contributed by atoms with Crippen molar-refractivity contribution in [2.75, 3.05) is 0 Å². The Labute approximate surface area is 89.0 Å². The Bertz CT molecular complexity index is 238. The predicted molar refractivity (Wildman–Crippen MR) is 52.0 cm³/mol. The van der Waals surface area contributed by atoms with Crippen LogP contribution >= 0.6 is 0 Å². The highest BCUT2D eigenvalue weighted by atomic mass is 16.7. The minimum absolute atomic E-state index is 0.194. The molecule has 0 aromatic carbocycles. The molecule has 0 radical (unpaired) electrons. The number of carbonyl (C=O) groups is 1. The van der Waals surface area contributed by atoms with E-state index in [-0.39, 0.29) is 12.8 Å². The zero-order chi connectivity index (χ0) is 11.6. The molecule has 1 saturated heterocycles. The minimum Gasteiger partial charge on any atom is -0.457 e. The van der Waals surface area contributed by atoms with Crippen LogP contribution in [0, 0.1) is 0 Å². The molecule has 1 aliphatic rings. The molecule has 1 rings (SSSR count). The molecule has 0 amide bonds. The minimum atomic E-state index is -1.17. The molecule has 0 aliphatic carbocycles. The van der Waals surface area contributed by atoms with Crippen LogP contribution < -0.4 is 0 Å².